The second kappa shape index (κ2) is 5.44. The fourth-order valence-corrected chi connectivity index (χ4v) is 2.36. The number of rotatable bonds is 3. The van der Waals surface area contributed by atoms with E-state index in [-0.39, 0.29) is 0 Å². The van der Waals surface area contributed by atoms with E-state index in [1.54, 1.807) is 54.6 Å². The van der Waals surface area contributed by atoms with E-state index in [0.29, 0.717) is 16.9 Å². The Bertz CT molecular complexity index is 719. The minimum Gasteiger partial charge on any atom is -0.425 e. The molecule has 0 spiro atoms. The van der Waals surface area contributed by atoms with Crippen LogP contribution < -0.4 is 4.74 Å². The topological polar surface area (TPSA) is 63.7 Å². The van der Waals surface area contributed by atoms with Gasteiger partial charge in [-0.25, -0.2) is 4.79 Å². The van der Waals surface area contributed by atoms with Crippen LogP contribution in [0.25, 0.3) is 0 Å². The number of nitrogens with zero attached hydrogens (tertiary/aromatic N) is 1. The minimum absolute atomic E-state index is 0.312. The van der Waals surface area contributed by atoms with Crippen molar-refractivity contribution in [2.75, 3.05) is 0 Å². The van der Waals surface area contributed by atoms with Gasteiger partial charge in [0.1, 0.15) is 11.8 Å². The zero-order valence-corrected chi connectivity index (χ0v) is 11.9. The molecule has 1 aliphatic rings. The van der Waals surface area contributed by atoms with Crippen LogP contribution in [0, 0.1) is 0 Å². The summed E-state index contributed by atoms with van der Waals surface area (Å²) in [6.07, 6.45) is 0. The number of ether oxygens (including phenoxy) is 1. The molecule has 1 atom stereocenters. The summed E-state index contributed by atoms with van der Waals surface area (Å²) < 4.78 is 5.20. The number of hydrogen-bond donors (Lipinski definition) is 0. The quantitative estimate of drug-likeness (QED) is 0.495. The summed E-state index contributed by atoms with van der Waals surface area (Å²) in [7, 11) is 0. The summed E-state index contributed by atoms with van der Waals surface area (Å²) in [4.78, 5) is 37.7. The van der Waals surface area contributed by atoms with Crippen LogP contribution in [-0.2, 0) is 4.79 Å². The number of carbonyl (C=O) groups excluding carboxylic acids is 3. The molecule has 0 N–H and O–H groups in total. The number of imide groups is 1. The normalized spacial score (nSPS) is 14.7. The molecule has 2 aromatic carbocycles. The predicted octanol–water partition coefficient (Wildman–Crippen LogP) is 2.28. The smallest absolute Gasteiger partial charge is 0.334 e. The van der Waals surface area contributed by atoms with Crippen molar-refractivity contribution < 1.29 is 19.1 Å². The fraction of sp³-hybridized carbons (Fsp3) is 0.118. The molecular formula is C17H13NO4. The van der Waals surface area contributed by atoms with Crippen LogP contribution in [-0.4, -0.2) is 28.7 Å². The van der Waals surface area contributed by atoms with Gasteiger partial charge in [0.05, 0.1) is 11.1 Å². The third-order valence-electron chi connectivity index (χ3n) is 3.52. The molecule has 22 heavy (non-hydrogen) atoms. The van der Waals surface area contributed by atoms with Crippen molar-refractivity contribution in [3.63, 3.8) is 0 Å². The Morgan fingerprint density at radius 2 is 1.41 bits per heavy atom. The number of carbonyl (C=O) groups is 3. The molecule has 1 aliphatic heterocycles. The van der Waals surface area contributed by atoms with Gasteiger partial charge in [0, 0.05) is 0 Å². The van der Waals surface area contributed by atoms with E-state index < -0.39 is 23.8 Å². The first-order chi connectivity index (χ1) is 10.6. The lowest BCUT2D eigenvalue weighted by atomic mass is 10.1. The highest BCUT2D eigenvalue weighted by molar-refractivity contribution is 6.22. The number of esters is 1. The number of hydrogen-bond acceptors (Lipinski definition) is 4. The lowest BCUT2D eigenvalue weighted by molar-refractivity contribution is -0.138. The maximum atomic E-state index is 12.3. The molecule has 5 nitrogen and oxygen atoms in total. The van der Waals surface area contributed by atoms with Crippen LogP contribution in [0.5, 0.6) is 5.75 Å². The number of para-hydroxylation sites is 1. The maximum Gasteiger partial charge on any atom is 0.334 e. The molecule has 0 aliphatic carbocycles. The Hall–Kier alpha value is -2.95. The highest BCUT2D eigenvalue weighted by Crippen LogP contribution is 2.25. The Morgan fingerprint density at radius 3 is 1.95 bits per heavy atom. The van der Waals surface area contributed by atoms with E-state index in [0.717, 1.165) is 4.90 Å². The fourth-order valence-electron chi connectivity index (χ4n) is 2.36. The molecule has 110 valence electrons. The monoisotopic (exact) mass is 295 g/mol. The molecule has 0 radical (unpaired) electrons. The summed E-state index contributed by atoms with van der Waals surface area (Å²) in [6, 6.07) is 14.0. The van der Waals surface area contributed by atoms with Gasteiger partial charge in [0.2, 0.25) is 0 Å². The van der Waals surface area contributed by atoms with Gasteiger partial charge in [0.25, 0.3) is 11.8 Å². The van der Waals surface area contributed by atoms with Crippen molar-refractivity contribution in [2.24, 2.45) is 0 Å². The maximum absolute atomic E-state index is 12.3. The van der Waals surface area contributed by atoms with Gasteiger partial charge in [-0.1, -0.05) is 30.3 Å². The number of benzene rings is 2. The van der Waals surface area contributed by atoms with Crippen molar-refractivity contribution in [3.05, 3.63) is 65.7 Å². The molecule has 1 heterocycles. The highest BCUT2D eigenvalue weighted by atomic mass is 16.5. The van der Waals surface area contributed by atoms with E-state index >= 15 is 0 Å². The Morgan fingerprint density at radius 1 is 0.909 bits per heavy atom. The molecule has 2 amide bonds. The van der Waals surface area contributed by atoms with Crippen LogP contribution in [0.3, 0.4) is 0 Å². The summed E-state index contributed by atoms with van der Waals surface area (Å²) in [5.74, 6) is -1.23. The minimum atomic E-state index is -0.993. The van der Waals surface area contributed by atoms with Gasteiger partial charge in [0.15, 0.2) is 0 Å². The van der Waals surface area contributed by atoms with Crippen molar-refractivity contribution in [2.45, 2.75) is 13.0 Å². The lowest BCUT2D eigenvalue weighted by Crippen LogP contribution is -2.44. The molecule has 0 bridgehead atoms. The Labute approximate surface area is 127 Å². The second-order valence-electron chi connectivity index (χ2n) is 4.94. The van der Waals surface area contributed by atoms with Crippen molar-refractivity contribution >= 4 is 17.8 Å². The number of amides is 2. The van der Waals surface area contributed by atoms with Crippen LogP contribution in [0.1, 0.15) is 27.6 Å². The van der Waals surface area contributed by atoms with E-state index in [9.17, 15) is 14.4 Å². The molecule has 0 saturated heterocycles. The summed E-state index contributed by atoms with van der Waals surface area (Å²) in [6.45, 7) is 1.48. The first-order valence-electron chi connectivity index (χ1n) is 6.83. The van der Waals surface area contributed by atoms with Crippen molar-refractivity contribution in [1.82, 2.24) is 4.90 Å². The molecule has 0 unspecified atom stereocenters. The average Bonchev–Trinajstić information content (AvgIpc) is 2.79. The van der Waals surface area contributed by atoms with Gasteiger partial charge < -0.3 is 4.74 Å². The van der Waals surface area contributed by atoms with Crippen LogP contribution >= 0.6 is 0 Å². The Kier molecular flexibility index (Phi) is 3.47. The summed E-state index contributed by atoms with van der Waals surface area (Å²) in [5.41, 5.74) is 0.624. The van der Waals surface area contributed by atoms with E-state index in [1.165, 1.54) is 6.92 Å². The molecule has 0 saturated carbocycles. The third kappa shape index (κ3) is 2.26. The standard InChI is InChI=1S/C17H13NO4/c1-11(17(21)22-12-7-3-2-4-8-12)18-15(19)13-9-5-6-10-14(13)16(18)20/h2-11H,1H3/t11-/m0/s1. The largest absolute Gasteiger partial charge is 0.425 e. The molecule has 2 aromatic rings. The predicted molar refractivity (Wildman–Crippen MR) is 78.5 cm³/mol. The van der Waals surface area contributed by atoms with Gasteiger partial charge in [-0.15, -0.1) is 0 Å². The van der Waals surface area contributed by atoms with E-state index in [1.807, 2.05) is 0 Å². The average molecular weight is 295 g/mol. The second-order valence-corrected chi connectivity index (χ2v) is 4.94. The number of fused-ring (bicyclic) bond motifs is 1. The van der Waals surface area contributed by atoms with E-state index in [2.05, 4.69) is 0 Å². The van der Waals surface area contributed by atoms with Crippen LogP contribution in [0.4, 0.5) is 0 Å². The van der Waals surface area contributed by atoms with Crippen LogP contribution in [0.15, 0.2) is 54.6 Å². The summed E-state index contributed by atoms with van der Waals surface area (Å²) >= 11 is 0. The van der Waals surface area contributed by atoms with Gasteiger partial charge in [-0.3, -0.25) is 14.5 Å². The molecular weight excluding hydrogens is 282 g/mol. The van der Waals surface area contributed by atoms with Crippen LogP contribution in [0.2, 0.25) is 0 Å². The Balaban J connectivity index is 1.81. The SMILES string of the molecule is C[C@@H](C(=O)Oc1ccccc1)N1C(=O)c2ccccc2C1=O. The lowest BCUT2D eigenvalue weighted by Gasteiger charge is -2.20. The van der Waals surface area contributed by atoms with Gasteiger partial charge in [-0.2, -0.15) is 0 Å². The molecule has 5 heteroatoms. The summed E-state index contributed by atoms with van der Waals surface area (Å²) in [5, 5.41) is 0. The zero-order chi connectivity index (χ0) is 15.7. The first-order valence-corrected chi connectivity index (χ1v) is 6.83. The van der Waals surface area contributed by atoms with Gasteiger partial charge in [-0.05, 0) is 31.2 Å². The third-order valence-corrected chi connectivity index (χ3v) is 3.52. The molecule has 0 fully saturated rings. The molecule has 0 aromatic heterocycles. The first kappa shape index (κ1) is 14.0. The highest BCUT2D eigenvalue weighted by Gasteiger charge is 2.41. The zero-order valence-electron chi connectivity index (χ0n) is 11.9. The van der Waals surface area contributed by atoms with Crippen molar-refractivity contribution in [1.29, 1.82) is 0 Å². The van der Waals surface area contributed by atoms with Gasteiger partial charge >= 0.3 is 5.97 Å². The van der Waals surface area contributed by atoms with E-state index in [4.69, 9.17) is 4.74 Å². The van der Waals surface area contributed by atoms with Crippen molar-refractivity contribution in [3.8, 4) is 5.75 Å². The molecule has 3 rings (SSSR count).